The highest BCUT2D eigenvalue weighted by Crippen LogP contribution is 2.41. The molecule has 1 aromatic rings. The zero-order chi connectivity index (χ0) is 12.6. The molecule has 0 amide bonds. The third kappa shape index (κ3) is 1.72. The number of aliphatic hydroxyl groups is 1. The fourth-order valence-electron chi connectivity index (χ4n) is 2.93. The first-order valence-corrected chi connectivity index (χ1v) is 6.40. The van der Waals surface area contributed by atoms with Crippen LogP contribution >= 0.6 is 0 Å². The molecule has 18 heavy (non-hydrogen) atoms. The van der Waals surface area contributed by atoms with Crippen LogP contribution in [0.15, 0.2) is 18.2 Å². The van der Waals surface area contributed by atoms with Crippen molar-refractivity contribution in [2.75, 3.05) is 33.5 Å². The van der Waals surface area contributed by atoms with Gasteiger partial charge in [0.15, 0.2) is 0 Å². The first kappa shape index (κ1) is 12.0. The lowest BCUT2D eigenvalue weighted by molar-refractivity contribution is -0.155. The molecule has 4 nitrogen and oxygen atoms in total. The minimum Gasteiger partial charge on any atom is -0.493 e. The van der Waals surface area contributed by atoms with Gasteiger partial charge in [0.2, 0.25) is 0 Å². The van der Waals surface area contributed by atoms with E-state index in [1.165, 1.54) is 11.1 Å². The lowest BCUT2D eigenvalue weighted by Crippen LogP contribution is -2.53. The third-order valence-corrected chi connectivity index (χ3v) is 4.04. The van der Waals surface area contributed by atoms with E-state index in [2.05, 4.69) is 17.4 Å². The lowest BCUT2D eigenvalue weighted by atomic mass is 9.75. The van der Waals surface area contributed by atoms with Gasteiger partial charge in [-0.2, -0.15) is 0 Å². The summed E-state index contributed by atoms with van der Waals surface area (Å²) in [6.45, 7) is 2.15. The molecular weight excluding hydrogens is 230 g/mol. The summed E-state index contributed by atoms with van der Waals surface area (Å²) < 4.78 is 10.8. The average Bonchev–Trinajstić information content (AvgIpc) is 2.80. The summed E-state index contributed by atoms with van der Waals surface area (Å²) in [7, 11) is 1.93. The highest BCUT2D eigenvalue weighted by Gasteiger charge is 2.45. The lowest BCUT2D eigenvalue weighted by Gasteiger charge is -2.46. The Balaban J connectivity index is 1.92. The molecule has 2 N–H and O–H groups in total. The van der Waals surface area contributed by atoms with E-state index in [1.807, 2.05) is 13.1 Å². The van der Waals surface area contributed by atoms with Crippen molar-refractivity contribution < 1.29 is 14.6 Å². The van der Waals surface area contributed by atoms with Crippen LogP contribution in [0.4, 0.5) is 0 Å². The van der Waals surface area contributed by atoms with Crippen LogP contribution in [0.2, 0.25) is 0 Å². The topological polar surface area (TPSA) is 50.7 Å². The van der Waals surface area contributed by atoms with E-state index in [1.54, 1.807) is 0 Å². The first-order valence-electron chi connectivity index (χ1n) is 6.40. The second kappa shape index (κ2) is 4.53. The Labute approximate surface area is 107 Å². The smallest absolute Gasteiger partial charge is 0.122 e. The molecule has 1 atom stereocenters. The molecule has 1 saturated heterocycles. The van der Waals surface area contributed by atoms with Crippen molar-refractivity contribution >= 4 is 0 Å². The van der Waals surface area contributed by atoms with E-state index in [0.29, 0.717) is 13.2 Å². The van der Waals surface area contributed by atoms with E-state index in [9.17, 15) is 5.11 Å². The molecule has 0 spiro atoms. The number of rotatable bonds is 4. The quantitative estimate of drug-likeness (QED) is 0.832. The number of nitrogens with one attached hydrogen (secondary N) is 1. The van der Waals surface area contributed by atoms with Gasteiger partial charge in [-0.05, 0) is 24.2 Å². The standard InChI is InChI=1S/C14H19NO3/c1-15-13(14(7-16)8-17-9-14)11-2-3-12-10(6-11)4-5-18-12/h2-3,6,13,15-16H,4-5,7-9H2,1H3. The molecule has 1 unspecified atom stereocenters. The van der Waals surface area contributed by atoms with Gasteiger partial charge in [0.05, 0.1) is 31.8 Å². The van der Waals surface area contributed by atoms with Crippen LogP contribution in [0.1, 0.15) is 17.2 Å². The molecule has 4 heteroatoms. The zero-order valence-electron chi connectivity index (χ0n) is 10.6. The van der Waals surface area contributed by atoms with Gasteiger partial charge in [-0.3, -0.25) is 0 Å². The van der Waals surface area contributed by atoms with Crippen LogP contribution in [-0.4, -0.2) is 38.6 Å². The third-order valence-electron chi connectivity index (χ3n) is 4.04. The maximum Gasteiger partial charge on any atom is 0.122 e. The van der Waals surface area contributed by atoms with E-state index < -0.39 is 0 Å². The first-order chi connectivity index (χ1) is 8.79. The number of hydrogen-bond donors (Lipinski definition) is 2. The van der Waals surface area contributed by atoms with Gasteiger partial charge in [-0.1, -0.05) is 12.1 Å². The summed E-state index contributed by atoms with van der Waals surface area (Å²) in [5.74, 6) is 0.997. The fraction of sp³-hybridized carbons (Fsp3) is 0.571. The van der Waals surface area contributed by atoms with Gasteiger partial charge >= 0.3 is 0 Å². The summed E-state index contributed by atoms with van der Waals surface area (Å²) in [6, 6.07) is 6.44. The highest BCUT2D eigenvalue weighted by atomic mass is 16.5. The maximum atomic E-state index is 9.65. The largest absolute Gasteiger partial charge is 0.493 e. The Hall–Kier alpha value is -1.10. The van der Waals surface area contributed by atoms with Gasteiger partial charge in [-0.25, -0.2) is 0 Å². The zero-order valence-corrected chi connectivity index (χ0v) is 10.6. The van der Waals surface area contributed by atoms with Crippen LogP contribution in [0.25, 0.3) is 0 Å². The number of fused-ring (bicyclic) bond motifs is 1. The second-order valence-electron chi connectivity index (χ2n) is 5.20. The van der Waals surface area contributed by atoms with Gasteiger partial charge in [0, 0.05) is 12.5 Å². The molecule has 2 aliphatic heterocycles. The SMILES string of the molecule is CNC(c1ccc2c(c1)CCO2)C1(CO)COC1. The van der Waals surface area contributed by atoms with Crippen LogP contribution in [0, 0.1) is 5.41 Å². The molecule has 3 rings (SSSR count). The van der Waals surface area contributed by atoms with Crippen LogP contribution < -0.4 is 10.1 Å². The summed E-state index contributed by atoms with van der Waals surface area (Å²) in [5.41, 5.74) is 2.29. The molecule has 0 saturated carbocycles. The Morgan fingerprint density at radius 1 is 1.44 bits per heavy atom. The minimum absolute atomic E-state index is 0.127. The van der Waals surface area contributed by atoms with Gasteiger partial charge in [0.25, 0.3) is 0 Å². The van der Waals surface area contributed by atoms with Crippen molar-refractivity contribution in [3.05, 3.63) is 29.3 Å². The number of aliphatic hydroxyl groups excluding tert-OH is 1. The van der Waals surface area contributed by atoms with Crippen molar-refractivity contribution in [3.8, 4) is 5.75 Å². The normalized spacial score (nSPS) is 21.9. The van der Waals surface area contributed by atoms with Crippen LogP contribution in [0.5, 0.6) is 5.75 Å². The molecule has 0 aliphatic carbocycles. The molecule has 2 aliphatic rings. The molecule has 0 bridgehead atoms. The molecule has 2 heterocycles. The molecule has 1 fully saturated rings. The van der Waals surface area contributed by atoms with Gasteiger partial charge < -0.3 is 19.9 Å². The minimum atomic E-state index is -0.178. The summed E-state index contributed by atoms with van der Waals surface area (Å²) in [6.07, 6.45) is 0.974. The van der Waals surface area contributed by atoms with E-state index in [4.69, 9.17) is 9.47 Å². The average molecular weight is 249 g/mol. The number of ether oxygens (including phenoxy) is 2. The van der Waals surface area contributed by atoms with Crippen molar-refractivity contribution in [3.63, 3.8) is 0 Å². The molecular formula is C14H19NO3. The maximum absolute atomic E-state index is 9.65. The molecule has 98 valence electrons. The molecule has 1 aromatic carbocycles. The van der Waals surface area contributed by atoms with Crippen LogP contribution in [0.3, 0.4) is 0 Å². The molecule has 0 aromatic heterocycles. The van der Waals surface area contributed by atoms with Gasteiger partial charge in [0.1, 0.15) is 5.75 Å². The highest BCUT2D eigenvalue weighted by molar-refractivity contribution is 5.41. The Morgan fingerprint density at radius 3 is 2.89 bits per heavy atom. The predicted octanol–water partition coefficient (Wildman–Crippen LogP) is 0.891. The predicted molar refractivity (Wildman–Crippen MR) is 67.8 cm³/mol. The van der Waals surface area contributed by atoms with Gasteiger partial charge in [-0.15, -0.1) is 0 Å². The number of benzene rings is 1. The number of hydrogen-bond acceptors (Lipinski definition) is 4. The van der Waals surface area contributed by atoms with Crippen molar-refractivity contribution in [1.29, 1.82) is 0 Å². The molecule has 0 radical (unpaired) electrons. The van der Waals surface area contributed by atoms with Crippen molar-refractivity contribution in [2.45, 2.75) is 12.5 Å². The fourth-order valence-corrected chi connectivity index (χ4v) is 2.93. The monoisotopic (exact) mass is 249 g/mol. The van der Waals surface area contributed by atoms with E-state index in [-0.39, 0.29) is 18.1 Å². The second-order valence-corrected chi connectivity index (χ2v) is 5.20. The summed E-state index contributed by atoms with van der Waals surface area (Å²) in [4.78, 5) is 0. The van der Waals surface area contributed by atoms with Crippen LogP contribution in [-0.2, 0) is 11.2 Å². The Morgan fingerprint density at radius 2 is 2.28 bits per heavy atom. The Kier molecular flexibility index (Phi) is 3.01. The van der Waals surface area contributed by atoms with E-state index in [0.717, 1.165) is 18.8 Å². The van der Waals surface area contributed by atoms with Crippen molar-refractivity contribution in [1.82, 2.24) is 5.32 Å². The summed E-state index contributed by atoms with van der Waals surface area (Å²) in [5, 5.41) is 13.0. The Bertz CT molecular complexity index is 437. The van der Waals surface area contributed by atoms with Crippen molar-refractivity contribution in [2.24, 2.45) is 5.41 Å². The summed E-state index contributed by atoms with van der Waals surface area (Å²) >= 11 is 0. The van der Waals surface area contributed by atoms with E-state index >= 15 is 0 Å².